The fraction of sp³-hybridized carbons (Fsp3) is 0.421. The highest BCUT2D eigenvalue weighted by Gasteiger charge is 2.23. The van der Waals surface area contributed by atoms with Crippen molar-refractivity contribution in [3.63, 3.8) is 0 Å². The van der Waals surface area contributed by atoms with Gasteiger partial charge in [-0.25, -0.2) is 0 Å². The second-order valence-corrected chi connectivity index (χ2v) is 8.20. The number of hydrogen-bond acceptors (Lipinski definition) is 5. The Morgan fingerprint density at radius 1 is 1.31 bits per heavy atom. The normalized spacial score (nSPS) is 15.1. The number of amides is 1. The molecule has 1 aliphatic rings. The number of nitrogens with one attached hydrogen (secondary N) is 1. The van der Waals surface area contributed by atoms with Gasteiger partial charge in [0.25, 0.3) is 11.6 Å². The molecular formula is C19H23N3O3S. The minimum atomic E-state index is -0.457. The van der Waals surface area contributed by atoms with Crippen molar-refractivity contribution in [3.8, 4) is 0 Å². The highest BCUT2D eigenvalue weighted by Crippen LogP contribution is 2.29. The first-order valence-corrected chi connectivity index (χ1v) is 9.62. The molecule has 1 aliphatic heterocycles. The van der Waals surface area contributed by atoms with E-state index in [1.165, 1.54) is 17.0 Å². The lowest BCUT2D eigenvalue weighted by molar-refractivity contribution is -0.384. The number of benzene rings is 1. The van der Waals surface area contributed by atoms with E-state index in [0.717, 1.165) is 36.5 Å². The van der Waals surface area contributed by atoms with Crippen molar-refractivity contribution in [1.82, 2.24) is 5.32 Å². The number of non-ortho nitro benzene ring substituents is 1. The Bertz CT molecular complexity index is 810. The van der Waals surface area contributed by atoms with Crippen LogP contribution in [-0.4, -0.2) is 23.9 Å². The molecule has 1 N–H and O–H groups in total. The molecule has 3 rings (SSSR count). The lowest BCUT2D eigenvalue weighted by Crippen LogP contribution is -2.35. The van der Waals surface area contributed by atoms with Gasteiger partial charge in [-0.2, -0.15) is 0 Å². The zero-order valence-corrected chi connectivity index (χ0v) is 15.8. The largest absolute Gasteiger partial charge is 0.371 e. The lowest BCUT2D eigenvalue weighted by Gasteiger charge is -2.33. The molecule has 0 atom stereocenters. The zero-order valence-electron chi connectivity index (χ0n) is 15.0. The molecular weight excluding hydrogens is 350 g/mol. The predicted octanol–water partition coefficient (Wildman–Crippen LogP) is 4.13. The fourth-order valence-corrected chi connectivity index (χ4v) is 4.02. The molecule has 1 amide bonds. The van der Waals surface area contributed by atoms with Gasteiger partial charge in [0.15, 0.2) is 0 Å². The van der Waals surface area contributed by atoms with Crippen LogP contribution in [-0.2, 0) is 6.54 Å². The summed E-state index contributed by atoms with van der Waals surface area (Å²) in [6.45, 7) is 6.40. The van der Waals surface area contributed by atoms with Crippen LogP contribution in [0.15, 0.2) is 30.3 Å². The summed E-state index contributed by atoms with van der Waals surface area (Å²) >= 11 is 1.63. The monoisotopic (exact) mass is 373 g/mol. The van der Waals surface area contributed by atoms with Gasteiger partial charge in [-0.1, -0.05) is 6.92 Å². The summed E-state index contributed by atoms with van der Waals surface area (Å²) in [6.07, 6.45) is 2.12. The van der Waals surface area contributed by atoms with Crippen LogP contribution in [0.1, 0.15) is 39.9 Å². The number of rotatable bonds is 5. The lowest BCUT2D eigenvalue weighted by atomic mass is 9.98. The average molecular weight is 373 g/mol. The first-order valence-electron chi connectivity index (χ1n) is 8.81. The van der Waals surface area contributed by atoms with E-state index in [0.29, 0.717) is 18.0 Å². The van der Waals surface area contributed by atoms with Crippen molar-refractivity contribution in [1.29, 1.82) is 0 Å². The van der Waals surface area contributed by atoms with E-state index < -0.39 is 4.92 Å². The second-order valence-electron chi connectivity index (χ2n) is 6.82. The summed E-state index contributed by atoms with van der Waals surface area (Å²) in [5.74, 6) is 0.400. The van der Waals surface area contributed by atoms with E-state index >= 15 is 0 Å². The molecule has 1 aromatic heterocycles. The molecule has 1 fully saturated rings. The molecule has 1 saturated heterocycles. The van der Waals surface area contributed by atoms with Crippen molar-refractivity contribution in [2.24, 2.45) is 5.92 Å². The van der Waals surface area contributed by atoms with Crippen LogP contribution in [0.3, 0.4) is 0 Å². The average Bonchev–Trinajstić information content (AvgIpc) is 3.05. The number of anilines is 1. The van der Waals surface area contributed by atoms with Crippen molar-refractivity contribution < 1.29 is 9.72 Å². The number of nitro benzene ring substituents is 1. The van der Waals surface area contributed by atoms with Crippen LogP contribution in [0.2, 0.25) is 0 Å². The number of carbonyl (C=O) groups excluding carboxylic acids is 1. The number of piperidine rings is 1. The van der Waals surface area contributed by atoms with E-state index in [2.05, 4.69) is 17.1 Å². The number of carbonyl (C=O) groups is 1. The van der Waals surface area contributed by atoms with E-state index in [4.69, 9.17) is 0 Å². The number of aryl methyl sites for hydroxylation is 1. The predicted molar refractivity (Wildman–Crippen MR) is 104 cm³/mol. The van der Waals surface area contributed by atoms with Gasteiger partial charge in [0.2, 0.25) is 0 Å². The maximum Gasteiger partial charge on any atom is 0.270 e. The highest BCUT2D eigenvalue weighted by molar-refractivity contribution is 7.11. The molecule has 0 bridgehead atoms. The van der Waals surface area contributed by atoms with Gasteiger partial charge in [-0.05, 0) is 43.9 Å². The van der Waals surface area contributed by atoms with Crippen molar-refractivity contribution in [3.05, 3.63) is 55.8 Å². The molecule has 0 aliphatic carbocycles. The van der Waals surface area contributed by atoms with Crippen LogP contribution in [0.5, 0.6) is 0 Å². The number of hydrogen-bond donors (Lipinski definition) is 1. The SMILES string of the molecule is Cc1ccc(CNC(=O)c2cc([N+](=O)[O-])ccc2N2CCC(C)CC2)s1. The quantitative estimate of drug-likeness (QED) is 0.631. The van der Waals surface area contributed by atoms with Gasteiger partial charge in [-0.3, -0.25) is 14.9 Å². The summed E-state index contributed by atoms with van der Waals surface area (Å²) in [4.78, 5) is 27.9. The Kier molecular flexibility index (Phi) is 5.56. The van der Waals surface area contributed by atoms with Crippen molar-refractivity contribution >= 4 is 28.6 Å². The van der Waals surface area contributed by atoms with Gasteiger partial charge in [0.1, 0.15) is 0 Å². The van der Waals surface area contributed by atoms with Crippen LogP contribution >= 0.6 is 11.3 Å². The van der Waals surface area contributed by atoms with Crippen LogP contribution in [0.4, 0.5) is 11.4 Å². The standard InChI is InChI=1S/C19H23N3O3S/c1-13-7-9-21(10-8-13)18-6-4-15(22(24)25)11-17(18)19(23)20-12-16-5-3-14(2)26-16/h3-6,11,13H,7-10,12H2,1-2H3,(H,20,23). The first kappa shape index (κ1) is 18.4. The zero-order chi connectivity index (χ0) is 18.7. The summed E-state index contributed by atoms with van der Waals surface area (Å²) in [6, 6.07) is 8.58. The maximum absolute atomic E-state index is 12.8. The van der Waals surface area contributed by atoms with E-state index in [9.17, 15) is 14.9 Å². The fourth-order valence-electron chi connectivity index (χ4n) is 3.19. The number of thiophene rings is 1. The van der Waals surface area contributed by atoms with Crippen molar-refractivity contribution in [2.75, 3.05) is 18.0 Å². The molecule has 2 aromatic rings. The number of nitro groups is 1. The third kappa shape index (κ3) is 4.22. The van der Waals surface area contributed by atoms with E-state index in [-0.39, 0.29) is 11.6 Å². The van der Waals surface area contributed by atoms with Gasteiger partial charge >= 0.3 is 0 Å². The van der Waals surface area contributed by atoms with E-state index in [1.54, 1.807) is 17.4 Å². The minimum Gasteiger partial charge on any atom is -0.371 e. The third-order valence-corrected chi connectivity index (χ3v) is 5.78. The number of nitrogens with zero attached hydrogens (tertiary/aromatic N) is 2. The molecule has 0 saturated carbocycles. The Hall–Kier alpha value is -2.41. The molecule has 0 spiro atoms. The summed E-state index contributed by atoms with van der Waals surface area (Å²) in [5, 5.41) is 14.1. The van der Waals surface area contributed by atoms with Gasteiger partial charge in [0, 0.05) is 35.0 Å². The molecule has 0 unspecified atom stereocenters. The second kappa shape index (κ2) is 7.86. The Morgan fingerprint density at radius 2 is 2.04 bits per heavy atom. The van der Waals surface area contributed by atoms with Gasteiger partial charge in [0.05, 0.1) is 22.7 Å². The Morgan fingerprint density at radius 3 is 2.65 bits per heavy atom. The highest BCUT2D eigenvalue weighted by atomic mass is 32.1. The Balaban J connectivity index is 1.83. The Labute approximate surface area is 157 Å². The van der Waals surface area contributed by atoms with Crippen LogP contribution < -0.4 is 10.2 Å². The topological polar surface area (TPSA) is 75.5 Å². The van der Waals surface area contributed by atoms with Gasteiger partial charge in [-0.15, -0.1) is 11.3 Å². The smallest absolute Gasteiger partial charge is 0.270 e. The van der Waals surface area contributed by atoms with Crippen LogP contribution in [0.25, 0.3) is 0 Å². The maximum atomic E-state index is 12.8. The molecule has 0 radical (unpaired) electrons. The molecule has 2 heterocycles. The van der Waals surface area contributed by atoms with Gasteiger partial charge < -0.3 is 10.2 Å². The summed E-state index contributed by atoms with van der Waals surface area (Å²) < 4.78 is 0. The molecule has 1 aromatic carbocycles. The van der Waals surface area contributed by atoms with Crippen molar-refractivity contribution in [2.45, 2.75) is 33.2 Å². The minimum absolute atomic E-state index is 0.0590. The molecule has 7 heteroatoms. The molecule has 6 nitrogen and oxygen atoms in total. The van der Waals surface area contributed by atoms with Crippen LogP contribution in [0, 0.1) is 23.0 Å². The summed E-state index contributed by atoms with van der Waals surface area (Å²) in [7, 11) is 0. The first-order chi connectivity index (χ1) is 12.4. The van der Waals surface area contributed by atoms with E-state index in [1.807, 2.05) is 19.1 Å². The third-order valence-electron chi connectivity index (χ3n) is 4.78. The molecule has 138 valence electrons. The summed E-state index contributed by atoms with van der Waals surface area (Å²) in [5.41, 5.74) is 1.10. The molecule has 26 heavy (non-hydrogen) atoms.